The van der Waals surface area contributed by atoms with E-state index in [1.165, 1.54) is 12.0 Å². The summed E-state index contributed by atoms with van der Waals surface area (Å²) in [5, 5.41) is 10.2. The zero-order chi connectivity index (χ0) is 11.0. The van der Waals surface area contributed by atoms with Gasteiger partial charge in [-0.05, 0) is 24.3 Å². The second-order valence-corrected chi connectivity index (χ2v) is 4.95. The van der Waals surface area contributed by atoms with Crippen LogP contribution in [0.1, 0.15) is 30.7 Å². The SMILES string of the molecule is OC1C[C@@H]2OCCC[C@@H]2[C@H]1c1ccccc1. The van der Waals surface area contributed by atoms with E-state index in [1.807, 2.05) is 6.07 Å². The molecular weight excluding hydrogens is 200 g/mol. The lowest BCUT2D eigenvalue weighted by Crippen LogP contribution is -2.27. The fourth-order valence-corrected chi connectivity index (χ4v) is 3.33. The number of fused-ring (bicyclic) bond motifs is 1. The average Bonchev–Trinajstić information content (AvgIpc) is 2.66. The summed E-state index contributed by atoms with van der Waals surface area (Å²) in [5.41, 5.74) is 1.27. The summed E-state index contributed by atoms with van der Waals surface area (Å²) in [6.45, 7) is 0.870. The lowest BCUT2D eigenvalue weighted by molar-refractivity contribution is -0.0136. The van der Waals surface area contributed by atoms with Crippen LogP contribution >= 0.6 is 0 Å². The van der Waals surface area contributed by atoms with E-state index < -0.39 is 0 Å². The monoisotopic (exact) mass is 218 g/mol. The molecule has 3 rings (SSSR count). The van der Waals surface area contributed by atoms with Crippen molar-refractivity contribution in [3.05, 3.63) is 35.9 Å². The first-order valence-electron chi connectivity index (χ1n) is 6.21. The van der Waals surface area contributed by atoms with Gasteiger partial charge < -0.3 is 9.84 Å². The van der Waals surface area contributed by atoms with Crippen LogP contribution in [0.2, 0.25) is 0 Å². The molecule has 0 bridgehead atoms. The third kappa shape index (κ3) is 1.66. The van der Waals surface area contributed by atoms with E-state index in [4.69, 9.17) is 4.74 Å². The molecule has 1 N–H and O–H groups in total. The fourth-order valence-electron chi connectivity index (χ4n) is 3.33. The number of aliphatic hydroxyl groups excluding tert-OH is 1. The van der Waals surface area contributed by atoms with Crippen LogP contribution in [-0.4, -0.2) is 23.9 Å². The highest BCUT2D eigenvalue weighted by Crippen LogP contribution is 2.45. The van der Waals surface area contributed by atoms with Gasteiger partial charge in [-0.2, -0.15) is 0 Å². The van der Waals surface area contributed by atoms with Crippen molar-refractivity contribution in [1.29, 1.82) is 0 Å². The van der Waals surface area contributed by atoms with Gasteiger partial charge in [0.1, 0.15) is 0 Å². The summed E-state index contributed by atoms with van der Waals surface area (Å²) < 4.78 is 5.76. The van der Waals surface area contributed by atoms with Gasteiger partial charge in [-0.15, -0.1) is 0 Å². The highest BCUT2D eigenvalue weighted by molar-refractivity contribution is 5.24. The molecule has 1 unspecified atom stereocenters. The van der Waals surface area contributed by atoms with Crippen LogP contribution in [0.15, 0.2) is 30.3 Å². The van der Waals surface area contributed by atoms with E-state index in [0.29, 0.717) is 5.92 Å². The molecule has 0 amide bonds. The molecule has 1 saturated heterocycles. The second-order valence-electron chi connectivity index (χ2n) is 4.95. The highest BCUT2D eigenvalue weighted by Gasteiger charge is 2.44. The number of aliphatic hydroxyl groups is 1. The molecule has 1 aliphatic carbocycles. The Morgan fingerprint density at radius 1 is 1.19 bits per heavy atom. The first-order valence-corrected chi connectivity index (χ1v) is 6.21. The van der Waals surface area contributed by atoms with Crippen molar-refractivity contribution in [3.8, 4) is 0 Å². The zero-order valence-electron chi connectivity index (χ0n) is 9.38. The van der Waals surface area contributed by atoms with Crippen LogP contribution < -0.4 is 0 Å². The van der Waals surface area contributed by atoms with Gasteiger partial charge in [0.25, 0.3) is 0 Å². The Morgan fingerprint density at radius 2 is 2.00 bits per heavy atom. The molecule has 1 saturated carbocycles. The average molecular weight is 218 g/mol. The van der Waals surface area contributed by atoms with E-state index in [-0.39, 0.29) is 18.1 Å². The Bertz CT molecular complexity index is 349. The van der Waals surface area contributed by atoms with Crippen molar-refractivity contribution < 1.29 is 9.84 Å². The second kappa shape index (κ2) is 4.19. The summed E-state index contributed by atoms with van der Waals surface area (Å²) in [6, 6.07) is 10.4. The maximum atomic E-state index is 10.2. The summed E-state index contributed by atoms with van der Waals surface area (Å²) in [5.74, 6) is 0.803. The van der Waals surface area contributed by atoms with Gasteiger partial charge in [0, 0.05) is 18.9 Å². The first-order chi connectivity index (χ1) is 7.86. The van der Waals surface area contributed by atoms with Crippen LogP contribution in [-0.2, 0) is 4.74 Å². The lowest BCUT2D eigenvalue weighted by Gasteiger charge is -2.29. The molecule has 2 nitrogen and oxygen atoms in total. The minimum Gasteiger partial charge on any atom is -0.392 e. The molecular formula is C14H18O2. The molecule has 86 valence electrons. The Kier molecular flexibility index (Phi) is 2.70. The molecule has 2 aliphatic rings. The molecule has 1 aromatic carbocycles. The predicted octanol–water partition coefficient (Wildman–Crippen LogP) is 2.33. The standard InChI is InChI=1S/C14H18O2/c15-12-9-13-11(7-4-8-16-13)14(12)10-5-2-1-3-6-10/h1-3,5-6,11-15H,4,7-9H2/t11-,12?,13-,14+/m0/s1. The molecule has 16 heavy (non-hydrogen) atoms. The zero-order valence-corrected chi connectivity index (χ0v) is 9.38. The Balaban J connectivity index is 1.88. The van der Waals surface area contributed by atoms with E-state index in [2.05, 4.69) is 24.3 Å². The fraction of sp³-hybridized carbons (Fsp3) is 0.571. The summed E-state index contributed by atoms with van der Waals surface area (Å²) in [7, 11) is 0. The van der Waals surface area contributed by atoms with Gasteiger partial charge >= 0.3 is 0 Å². The highest BCUT2D eigenvalue weighted by atomic mass is 16.5. The van der Waals surface area contributed by atoms with Crippen LogP contribution in [0, 0.1) is 5.92 Å². The predicted molar refractivity (Wildman–Crippen MR) is 62.3 cm³/mol. The van der Waals surface area contributed by atoms with E-state index in [1.54, 1.807) is 0 Å². The molecule has 1 aromatic rings. The van der Waals surface area contributed by atoms with Crippen molar-refractivity contribution in [2.75, 3.05) is 6.61 Å². The Morgan fingerprint density at radius 3 is 2.81 bits per heavy atom. The van der Waals surface area contributed by atoms with E-state index in [0.717, 1.165) is 19.4 Å². The van der Waals surface area contributed by atoms with Crippen LogP contribution in [0.5, 0.6) is 0 Å². The quantitative estimate of drug-likeness (QED) is 0.784. The van der Waals surface area contributed by atoms with Crippen molar-refractivity contribution in [1.82, 2.24) is 0 Å². The van der Waals surface area contributed by atoms with Crippen LogP contribution in [0.3, 0.4) is 0 Å². The van der Waals surface area contributed by atoms with Crippen molar-refractivity contribution in [2.24, 2.45) is 5.92 Å². The maximum absolute atomic E-state index is 10.2. The smallest absolute Gasteiger partial charge is 0.0637 e. The normalized spacial score (nSPS) is 38.3. The third-order valence-corrected chi connectivity index (χ3v) is 4.03. The summed E-state index contributed by atoms with van der Waals surface area (Å²) in [4.78, 5) is 0. The van der Waals surface area contributed by atoms with Gasteiger partial charge in [0.2, 0.25) is 0 Å². The van der Waals surface area contributed by atoms with Crippen molar-refractivity contribution >= 4 is 0 Å². The molecule has 0 aromatic heterocycles. The third-order valence-electron chi connectivity index (χ3n) is 4.03. The van der Waals surface area contributed by atoms with E-state index >= 15 is 0 Å². The van der Waals surface area contributed by atoms with Crippen molar-refractivity contribution in [2.45, 2.75) is 37.4 Å². The molecule has 0 spiro atoms. The summed E-state index contributed by atoms with van der Waals surface area (Å²) >= 11 is 0. The number of benzene rings is 1. The van der Waals surface area contributed by atoms with Crippen LogP contribution in [0.25, 0.3) is 0 Å². The molecule has 0 radical (unpaired) electrons. The van der Waals surface area contributed by atoms with Gasteiger partial charge in [-0.25, -0.2) is 0 Å². The lowest BCUT2D eigenvalue weighted by atomic mass is 9.83. The molecule has 4 atom stereocenters. The molecule has 2 heteroatoms. The number of ether oxygens (including phenoxy) is 1. The van der Waals surface area contributed by atoms with Gasteiger partial charge in [0.05, 0.1) is 12.2 Å². The molecule has 1 heterocycles. The molecule has 1 aliphatic heterocycles. The summed E-state index contributed by atoms with van der Waals surface area (Å²) in [6.07, 6.45) is 3.20. The van der Waals surface area contributed by atoms with E-state index in [9.17, 15) is 5.11 Å². The van der Waals surface area contributed by atoms with Gasteiger partial charge in [-0.3, -0.25) is 0 Å². The van der Waals surface area contributed by atoms with Gasteiger partial charge in [0.15, 0.2) is 0 Å². The van der Waals surface area contributed by atoms with Crippen molar-refractivity contribution in [3.63, 3.8) is 0 Å². The Hall–Kier alpha value is -0.860. The van der Waals surface area contributed by atoms with Gasteiger partial charge in [-0.1, -0.05) is 30.3 Å². The minimum atomic E-state index is -0.226. The van der Waals surface area contributed by atoms with Crippen LogP contribution in [0.4, 0.5) is 0 Å². The largest absolute Gasteiger partial charge is 0.392 e. The minimum absolute atomic E-state index is 0.226. The number of hydrogen-bond acceptors (Lipinski definition) is 2. The Labute approximate surface area is 96.2 Å². The number of rotatable bonds is 1. The number of hydrogen-bond donors (Lipinski definition) is 1. The topological polar surface area (TPSA) is 29.5 Å². The first kappa shape index (κ1) is 10.3. The maximum Gasteiger partial charge on any atom is 0.0637 e. The molecule has 2 fully saturated rings.